The van der Waals surface area contributed by atoms with Gasteiger partial charge >= 0.3 is 0 Å². The van der Waals surface area contributed by atoms with Gasteiger partial charge in [0.05, 0.1) is 6.16 Å². The Bertz CT molecular complexity index is 907. The van der Waals surface area contributed by atoms with Gasteiger partial charge in [0.15, 0.2) is 0 Å². The normalized spacial score (nSPS) is 10.9. The first kappa shape index (κ1) is 20.5. The van der Waals surface area contributed by atoms with Crippen molar-refractivity contribution in [3.05, 3.63) is 127 Å². The number of rotatable bonds is 5. The molecule has 0 radical (unpaired) electrons. The minimum absolute atomic E-state index is 0. The molecule has 0 aliphatic heterocycles. The first-order valence-corrected chi connectivity index (χ1v) is 11.1. The Balaban J connectivity index is 0.00000225. The molecule has 0 nitrogen and oxygen atoms in total. The van der Waals surface area contributed by atoms with E-state index in [2.05, 4.69) is 91.0 Å². The average Bonchev–Trinajstić information content (AvgIpc) is 2.74. The van der Waals surface area contributed by atoms with Crippen LogP contribution in [0.4, 0.5) is 4.39 Å². The van der Waals surface area contributed by atoms with E-state index in [1.807, 2.05) is 6.07 Å². The van der Waals surface area contributed by atoms with Crippen LogP contribution in [0.1, 0.15) is 5.56 Å². The van der Waals surface area contributed by atoms with E-state index in [1.165, 1.54) is 22.0 Å². The van der Waals surface area contributed by atoms with E-state index in [4.69, 9.17) is 0 Å². The van der Waals surface area contributed by atoms with Crippen LogP contribution in [0, 0.1) is 5.82 Å². The maximum atomic E-state index is 14.0. The van der Waals surface area contributed by atoms with E-state index in [1.54, 1.807) is 12.1 Å². The lowest BCUT2D eigenvalue weighted by molar-refractivity contribution is -0.00000587. The lowest BCUT2D eigenvalue weighted by atomic mass is 10.2. The summed E-state index contributed by atoms with van der Waals surface area (Å²) >= 11 is 0. The van der Waals surface area contributed by atoms with Gasteiger partial charge in [0.2, 0.25) is 0 Å². The smallest absolute Gasteiger partial charge is 0.123 e. The van der Waals surface area contributed by atoms with E-state index < -0.39 is 7.26 Å². The Morgan fingerprint density at radius 2 is 0.964 bits per heavy atom. The highest BCUT2D eigenvalue weighted by Crippen LogP contribution is 2.58. The molecule has 4 aromatic rings. The van der Waals surface area contributed by atoms with Crippen LogP contribution in [-0.4, -0.2) is 0 Å². The van der Waals surface area contributed by atoms with Crippen molar-refractivity contribution >= 4 is 23.2 Å². The van der Waals surface area contributed by atoms with Gasteiger partial charge in [0, 0.05) is 0 Å². The first-order chi connectivity index (χ1) is 13.3. The SMILES string of the molecule is Fc1cccc(C[P+](c2ccccc2)(c2ccccc2)c2ccccc2)c1.[Br-]. The summed E-state index contributed by atoms with van der Waals surface area (Å²) in [6, 6.07) is 39.1. The highest BCUT2D eigenvalue weighted by Gasteiger charge is 2.45. The molecule has 0 aliphatic carbocycles. The molecule has 140 valence electrons. The molecule has 0 aliphatic rings. The fraction of sp³-hybridized carbons (Fsp3) is 0.0400. The molecular weight excluding hydrogens is 430 g/mol. The minimum Gasteiger partial charge on any atom is -1.00 e. The van der Waals surface area contributed by atoms with Crippen molar-refractivity contribution in [2.45, 2.75) is 6.16 Å². The standard InChI is InChI=1S/C25H21FP.BrH/c26-22-12-10-11-21(19-22)20-27(23-13-4-1-5-14-23,24-15-6-2-7-16-24)25-17-8-3-9-18-25;/h1-19H,20H2;1H/q+1;/p-1. The lowest BCUT2D eigenvalue weighted by Gasteiger charge is -2.27. The third-order valence-corrected chi connectivity index (χ3v) is 9.28. The van der Waals surface area contributed by atoms with Gasteiger partial charge in [0.25, 0.3) is 0 Å². The third kappa shape index (κ3) is 4.09. The van der Waals surface area contributed by atoms with Crippen LogP contribution < -0.4 is 32.9 Å². The molecule has 0 spiro atoms. The summed E-state index contributed by atoms with van der Waals surface area (Å²) in [4.78, 5) is 0. The molecule has 0 N–H and O–H groups in total. The molecular formula is C25H21BrFP. The van der Waals surface area contributed by atoms with Gasteiger partial charge in [-0.1, -0.05) is 66.7 Å². The Kier molecular flexibility index (Phi) is 6.78. The molecule has 3 heteroatoms. The summed E-state index contributed by atoms with van der Waals surface area (Å²) in [5.41, 5.74) is 1.03. The van der Waals surface area contributed by atoms with Crippen LogP contribution in [0.3, 0.4) is 0 Å². The molecule has 0 heterocycles. The molecule has 28 heavy (non-hydrogen) atoms. The lowest BCUT2D eigenvalue weighted by Crippen LogP contribution is -3.00. The average molecular weight is 451 g/mol. The van der Waals surface area contributed by atoms with Crippen LogP contribution >= 0.6 is 7.26 Å². The van der Waals surface area contributed by atoms with Gasteiger partial charge in [-0.15, -0.1) is 0 Å². The zero-order valence-electron chi connectivity index (χ0n) is 15.4. The van der Waals surface area contributed by atoms with E-state index in [0.29, 0.717) is 0 Å². The van der Waals surface area contributed by atoms with Crippen molar-refractivity contribution in [1.82, 2.24) is 0 Å². The van der Waals surface area contributed by atoms with Gasteiger partial charge < -0.3 is 17.0 Å². The van der Waals surface area contributed by atoms with Crippen LogP contribution in [0.25, 0.3) is 0 Å². The molecule has 0 fully saturated rings. The maximum absolute atomic E-state index is 14.0. The molecule has 4 rings (SSSR count). The Morgan fingerprint density at radius 1 is 0.536 bits per heavy atom. The second-order valence-corrected chi connectivity index (χ2v) is 10.1. The van der Waals surface area contributed by atoms with E-state index in [9.17, 15) is 4.39 Å². The number of hydrogen-bond donors (Lipinski definition) is 0. The molecule has 0 unspecified atom stereocenters. The topological polar surface area (TPSA) is 0 Å². The summed E-state index contributed by atoms with van der Waals surface area (Å²) in [5, 5.41) is 3.94. The van der Waals surface area contributed by atoms with E-state index >= 15 is 0 Å². The zero-order chi connectivity index (χ0) is 18.5. The molecule has 0 amide bonds. The second kappa shape index (κ2) is 9.28. The quantitative estimate of drug-likeness (QED) is 0.409. The summed E-state index contributed by atoms with van der Waals surface area (Å²) in [7, 11) is -1.96. The molecule has 0 aromatic heterocycles. The first-order valence-electron chi connectivity index (χ1n) is 9.08. The van der Waals surface area contributed by atoms with Crippen LogP contribution in [0.15, 0.2) is 115 Å². The molecule has 0 bridgehead atoms. The summed E-state index contributed by atoms with van der Waals surface area (Å²) in [5.74, 6) is -0.181. The predicted octanol–water partition coefficient (Wildman–Crippen LogP) is 2.32. The van der Waals surface area contributed by atoms with Crippen LogP contribution in [0.2, 0.25) is 0 Å². The molecule has 0 saturated heterocycles. The minimum atomic E-state index is -1.96. The fourth-order valence-corrected chi connectivity index (χ4v) is 7.91. The van der Waals surface area contributed by atoms with Gasteiger partial charge in [-0.05, 0) is 54.1 Å². The van der Waals surface area contributed by atoms with Gasteiger partial charge in [0.1, 0.15) is 29.0 Å². The van der Waals surface area contributed by atoms with Crippen molar-refractivity contribution in [2.75, 3.05) is 0 Å². The van der Waals surface area contributed by atoms with Crippen molar-refractivity contribution in [3.63, 3.8) is 0 Å². The van der Waals surface area contributed by atoms with Crippen LogP contribution in [0.5, 0.6) is 0 Å². The van der Waals surface area contributed by atoms with Crippen molar-refractivity contribution in [2.24, 2.45) is 0 Å². The van der Waals surface area contributed by atoms with Crippen molar-refractivity contribution in [3.8, 4) is 0 Å². The molecule has 0 atom stereocenters. The Hall–Kier alpha value is -2.28. The van der Waals surface area contributed by atoms with Crippen LogP contribution in [-0.2, 0) is 6.16 Å². The highest BCUT2D eigenvalue weighted by atomic mass is 79.9. The van der Waals surface area contributed by atoms with Crippen molar-refractivity contribution < 1.29 is 21.4 Å². The number of halogens is 2. The van der Waals surface area contributed by atoms with E-state index in [-0.39, 0.29) is 22.8 Å². The fourth-order valence-electron chi connectivity index (χ4n) is 3.68. The summed E-state index contributed by atoms with van der Waals surface area (Å²) in [6.45, 7) is 0. The van der Waals surface area contributed by atoms with Gasteiger partial charge in [-0.2, -0.15) is 0 Å². The largest absolute Gasteiger partial charge is 1.00 e. The summed E-state index contributed by atoms with van der Waals surface area (Å²) in [6.07, 6.45) is 0.794. The maximum Gasteiger partial charge on any atom is 0.123 e. The van der Waals surface area contributed by atoms with Crippen molar-refractivity contribution in [1.29, 1.82) is 0 Å². The Labute approximate surface area is 177 Å². The molecule has 0 saturated carbocycles. The summed E-state index contributed by atoms with van der Waals surface area (Å²) < 4.78 is 14.0. The Morgan fingerprint density at radius 3 is 1.36 bits per heavy atom. The highest BCUT2D eigenvalue weighted by molar-refractivity contribution is 7.95. The molecule has 4 aromatic carbocycles. The zero-order valence-corrected chi connectivity index (χ0v) is 17.9. The number of benzene rings is 4. The predicted molar refractivity (Wildman–Crippen MR) is 115 cm³/mol. The number of hydrogen-bond acceptors (Lipinski definition) is 0. The monoisotopic (exact) mass is 450 g/mol. The van der Waals surface area contributed by atoms with Gasteiger partial charge in [-0.3, -0.25) is 0 Å². The van der Waals surface area contributed by atoms with Gasteiger partial charge in [-0.25, -0.2) is 4.39 Å². The second-order valence-electron chi connectivity index (χ2n) is 6.60. The third-order valence-electron chi connectivity index (χ3n) is 4.90. The van der Waals surface area contributed by atoms with E-state index in [0.717, 1.165) is 11.7 Å².